The molecule has 10 heteroatoms. The first-order valence-electron chi connectivity index (χ1n) is 14.9. The molecule has 0 unspecified atom stereocenters. The molecule has 0 aliphatic heterocycles. The number of carbonyl (C=O) groups is 1. The maximum atomic E-state index is 13.4. The molecule has 0 radical (unpaired) electrons. The molecule has 0 bridgehead atoms. The van der Waals surface area contributed by atoms with E-state index in [2.05, 4.69) is 19.2 Å². The number of halogens is 3. The Balaban J connectivity index is 2.05. The number of aliphatic hydroxyl groups excluding tert-OH is 1. The zero-order valence-corrected chi connectivity index (χ0v) is 26.2. The average molecular weight is 611 g/mol. The highest BCUT2D eigenvalue weighted by Crippen LogP contribution is 2.33. The Morgan fingerprint density at radius 3 is 2.28 bits per heavy atom. The molecule has 0 saturated heterocycles. The number of carbonyl (C=O) groups excluding carboxylic acids is 1. The summed E-state index contributed by atoms with van der Waals surface area (Å²) in [6, 6.07) is 10.4. The molecule has 7 nitrogen and oxygen atoms in total. The van der Waals surface area contributed by atoms with Gasteiger partial charge in [0.2, 0.25) is 5.91 Å². The summed E-state index contributed by atoms with van der Waals surface area (Å²) in [5.41, 5.74) is 6.77. The highest BCUT2D eigenvalue weighted by Gasteiger charge is 2.34. The van der Waals surface area contributed by atoms with E-state index in [0.29, 0.717) is 37.6 Å². The molecule has 4 N–H and O–H groups in total. The minimum absolute atomic E-state index is 0.00931. The third kappa shape index (κ3) is 11.7. The SMILES string of the molecule is COCCCOc1cc(C[C@@H](C[C@H](N)[C@@H](O)C[C@H](C(=O)NCc2ccccc2C(F)(F)F)C(C)C)C(C)C)ccc1OC. The van der Waals surface area contributed by atoms with Crippen LogP contribution in [0.5, 0.6) is 11.5 Å². The number of nitrogens with one attached hydrogen (secondary N) is 1. The van der Waals surface area contributed by atoms with Gasteiger partial charge in [-0.15, -0.1) is 0 Å². The second-order valence-corrected chi connectivity index (χ2v) is 11.8. The van der Waals surface area contributed by atoms with E-state index in [4.69, 9.17) is 19.9 Å². The summed E-state index contributed by atoms with van der Waals surface area (Å²) in [4.78, 5) is 13.1. The van der Waals surface area contributed by atoms with Crippen LogP contribution in [0, 0.1) is 23.7 Å². The Bertz CT molecular complexity index is 1130. The molecule has 242 valence electrons. The van der Waals surface area contributed by atoms with Gasteiger partial charge in [0.05, 0.1) is 25.4 Å². The molecule has 0 aliphatic rings. The van der Waals surface area contributed by atoms with Crippen molar-refractivity contribution in [1.82, 2.24) is 5.32 Å². The first kappa shape index (κ1) is 36.4. The number of amides is 1. The van der Waals surface area contributed by atoms with Crippen LogP contribution in [0.15, 0.2) is 42.5 Å². The van der Waals surface area contributed by atoms with Crippen molar-refractivity contribution in [2.24, 2.45) is 29.4 Å². The summed E-state index contributed by atoms with van der Waals surface area (Å²) in [6.45, 7) is 8.76. The summed E-state index contributed by atoms with van der Waals surface area (Å²) in [6.07, 6.45) is -3.37. The number of alkyl halides is 3. The largest absolute Gasteiger partial charge is 0.493 e. The lowest BCUT2D eigenvalue weighted by Crippen LogP contribution is -2.42. The first-order valence-corrected chi connectivity index (χ1v) is 14.9. The van der Waals surface area contributed by atoms with E-state index >= 15 is 0 Å². The second-order valence-electron chi connectivity index (χ2n) is 11.8. The number of benzene rings is 2. The van der Waals surface area contributed by atoms with Crippen molar-refractivity contribution in [3.63, 3.8) is 0 Å². The van der Waals surface area contributed by atoms with Crippen LogP contribution in [-0.2, 0) is 28.7 Å². The third-order valence-electron chi connectivity index (χ3n) is 7.90. The van der Waals surface area contributed by atoms with Gasteiger partial charge in [0.25, 0.3) is 0 Å². The van der Waals surface area contributed by atoms with Gasteiger partial charge in [-0.1, -0.05) is 52.0 Å². The van der Waals surface area contributed by atoms with Crippen LogP contribution >= 0.6 is 0 Å². The predicted molar refractivity (Wildman–Crippen MR) is 162 cm³/mol. The molecule has 2 rings (SSSR count). The summed E-state index contributed by atoms with van der Waals surface area (Å²) < 4.78 is 56.6. The molecule has 4 atom stereocenters. The van der Waals surface area contributed by atoms with Gasteiger partial charge in [-0.2, -0.15) is 13.2 Å². The lowest BCUT2D eigenvalue weighted by atomic mass is 9.81. The van der Waals surface area contributed by atoms with Crippen molar-refractivity contribution in [3.8, 4) is 11.5 Å². The van der Waals surface area contributed by atoms with Crippen molar-refractivity contribution < 1.29 is 37.3 Å². The van der Waals surface area contributed by atoms with Crippen LogP contribution in [0.1, 0.15) is 63.6 Å². The van der Waals surface area contributed by atoms with Gasteiger partial charge >= 0.3 is 6.18 Å². The molecule has 0 saturated carbocycles. The number of hydrogen-bond donors (Lipinski definition) is 3. The van der Waals surface area contributed by atoms with Crippen LogP contribution in [-0.4, -0.2) is 50.6 Å². The number of hydrogen-bond acceptors (Lipinski definition) is 6. The van der Waals surface area contributed by atoms with Crippen LogP contribution in [0.2, 0.25) is 0 Å². The summed E-state index contributed by atoms with van der Waals surface area (Å²) in [5.74, 6) is 0.544. The minimum atomic E-state index is -4.51. The highest BCUT2D eigenvalue weighted by molar-refractivity contribution is 5.79. The van der Waals surface area contributed by atoms with Crippen molar-refractivity contribution >= 4 is 5.91 Å². The standard InChI is InChI=1S/C33H49F3N2O5/c1-21(2)25(16-23-12-13-30(42-6)31(17-23)43-15-9-14-41-5)18-28(37)29(39)19-26(22(3)4)32(40)38-20-24-10-7-8-11-27(24)33(34,35)36/h7-8,10-13,17,21-22,25-26,28-29,39H,9,14-16,18-20,37H2,1-6H3,(H,38,40)/t25-,26-,28-,29-/m0/s1. The molecule has 0 aromatic heterocycles. The smallest absolute Gasteiger partial charge is 0.416 e. The Morgan fingerprint density at radius 2 is 1.67 bits per heavy atom. The van der Waals surface area contributed by atoms with Gasteiger partial charge in [0.15, 0.2) is 11.5 Å². The number of nitrogens with two attached hydrogens (primary N) is 1. The zero-order chi connectivity index (χ0) is 32.2. The van der Waals surface area contributed by atoms with Crippen LogP contribution in [0.3, 0.4) is 0 Å². The minimum Gasteiger partial charge on any atom is -0.493 e. The Morgan fingerprint density at radius 1 is 0.977 bits per heavy atom. The summed E-state index contributed by atoms with van der Waals surface area (Å²) in [5, 5.41) is 13.7. The maximum absolute atomic E-state index is 13.4. The molecule has 1 amide bonds. The molecule has 0 aliphatic carbocycles. The van der Waals surface area contributed by atoms with E-state index in [1.165, 1.54) is 18.2 Å². The Hall–Kier alpha value is -2.82. The third-order valence-corrected chi connectivity index (χ3v) is 7.90. The molecule has 43 heavy (non-hydrogen) atoms. The van der Waals surface area contributed by atoms with E-state index in [9.17, 15) is 23.1 Å². The summed E-state index contributed by atoms with van der Waals surface area (Å²) >= 11 is 0. The molecule has 0 fully saturated rings. The quantitative estimate of drug-likeness (QED) is 0.179. The summed E-state index contributed by atoms with van der Waals surface area (Å²) in [7, 11) is 3.25. The fourth-order valence-electron chi connectivity index (χ4n) is 5.13. The van der Waals surface area contributed by atoms with Gasteiger partial charge in [-0.3, -0.25) is 4.79 Å². The van der Waals surface area contributed by atoms with Gasteiger partial charge in [0, 0.05) is 38.6 Å². The van der Waals surface area contributed by atoms with Crippen molar-refractivity contribution in [1.29, 1.82) is 0 Å². The van der Waals surface area contributed by atoms with Crippen molar-refractivity contribution in [2.75, 3.05) is 27.4 Å². The van der Waals surface area contributed by atoms with E-state index in [1.807, 2.05) is 32.0 Å². The van der Waals surface area contributed by atoms with Gasteiger partial charge < -0.3 is 30.4 Å². The fraction of sp³-hybridized carbons (Fsp3) is 0.606. The lowest BCUT2D eigenvalue weighted by Gasteiger charge is -2.30. The van der Waals surface area contributed by atoms with Gasteiger partial charge in [0.1, 0.15) is 0 Å². The van der Waals surface area contributed by atoms with E-state index in [1.54, 1.807) is 14.2 Å². The molecular formula is C33H49F3N2O5. The lowest BCUT2D eigenvalue weighted by molar-refractivity contribution is -0.138. The highest BCUT2D eigenvalue weighted by atomic mass is 19.4. The average Bonchev–Trinajstić information content (AvgIpc) is 2.95. The zero-order valence-electron chi connectivity index (χ0n) is 26.2. The normalized spacial score (nSPS) is 14.8. The second kappa shape index (κ2) is 17.5. The number of ether oxygens (including phenoxy) is 3. The van der Waals surface area contributed by atoms with Crippen LogP contribution in [0.4, 0.5) is 13.2 Å². The fourth-order valence-corrected chi connectivity index (χ4v) is 5.13. The monoisotopic (exact) mass is 610 g/mol. The Kier molecular flexibility index (Phi) is 14.8. The number of aliphatic hydroxyl groups is 1. The molecule has 2 aromatic rings. The van der Waals surface area contributed by atoms with Gasteiger partial charge in [-0.05, 0) is 66.3 Å². The van der Waals surface area contributed by atoms with Crippen LogP contribution < -0.4 is 20.5 Å². The molecule has 0 spiro atoms. The maximum Gasteiger partial charge on any atom is 0.416 e. The van der Waals surface area contributed by atoms with Crippen molar-refractivity contribution in [3.05, 3.63) is 59.2 Å². The Labute approximate surface area is 254 Å². The predicted octanol–water partition coefficient (Wildman–Crippen LogP) is 6.00. The van der Waals surface area contributed by atoms with Crippen LogP contribution in [0.25, 0.3) is 0 Å². The topological polar surface area (TPSA) is 103 Å². The molecule has 0 heterocycles. The number of methoxy groups -OCH3 is 2. The van der Waals surface area contributed by atoms with Gasteiger partial charge in [-0.25, -0.2) is 0 Å². The first-order chi connectivity index (χ1) is 20.3. The molecule has 2 aromatic carbocycles. The van der Waals surface area contributed by atoms with Crippen molar-refractivity contribution in [2.45, 2.75) is 78.2 Å². The number of rotatable bonds is 18. The van der Waals surface area contributed by atoms with E-state index in [-0.39, 0.29) is 36.3 Å². The van der Waals surface area contributed by atoms with E-state index in [0.717, 1.165) is 18.1 Å². The van der Waals surface area contributed by atoms with E-state index < -0.39 is 35.7 Å². The molecular weight excluding hydrogens is 561 g/mol.